The summed E-state index contributed by atoms with van der Waals surface area (Å²) in [5, 5.41) is 0. The van der Waals surface area contributed by atoms with Crippen molar-refractivity contribution in [2.75, 3.05) is 30.8 Å². The van der Waals surface area contributed by atoms with E-state index in [0.29, 0.717) is 12.1 Å². The average molecular weight is 222 g/mol. The van der Waals surface area contributed by atoms with Gasteiger partial charge in [-0.1, -0.05) is 0 Å². The molecule has 0 spiro atoms. The lowest BCUT2D eigenvalue weighted by Gasteiger charge is -2.32. The van der Waals surface area contributed by atoms with E-state index in [1.54, 1.807) is 7.11 Å². The molecule has 0 aromatic carbocycles. The molecule has 2 N–H and O–H groups in total. The molecule has 2 rings (SSSR count). The van der Waals surface area contributed by atoms with E-state index in [4.69, 9.17) is 10.5 Å². The minimum Gasteiger partial charge on any atom is -0.381 e. The van der Waals surface area contributed by atoms with Gasteiger partial charge in [0.1, 0.15) is 5.82 Å². The molecule has 0 bridgehead atoms. The number of rotatable bonds is 2. The monoisotopic (exact) mass is 222 g/mol. The maximum absolute atomic E-state index is 5.65. The molecule has 0 amide bonds. The summed E-state index contributed by atoms with van der Waals surface area (Å²) in [6.45, 7) is 3.87. The number of piperidine rings is 1. The van der Waals surface area contributed by atoms with Gasteiger partial charge in [-0.3, -0.25) is 0 Å². The van der Waals surface area contributed by atoms with E-state index in [9.17, 15) is 0 Å². The lowest BCUT2D eigenvalue weighted by Crippen LogP contribution is -2.37. The van der Waals surface area contributed by atoms with E-state index >= 15 is 0 Å². The Bertz CT molecular complexity index is 341. The SMILES string of the molecule is COC1CCN(c2cc(C)nc(N)n2)CC1. The third-order valence-corrected chi connectivity index (χ3v) is 2.96. The van der Waals surface area contributed by atoms with Crippen molar-refractivity contribution in [3.63, 3.8) is 0 Å². The summed E-state index contributed by atoms with van der Waals surface area (Å²) in [6, 6.07) is 1.98. The van der Waals surface area contributed by atoms with Crippen molar-refractivity contribution in [3.05, 3.63) is 11.8 Å². The van der Waals surface area contributed by atoms with E-state index in [0.717, 1.165) is 37.4 Å². The second-order valence-electron chi connectivity index (χ2n) is 4.15. The summed E-state index contributed by atoms with van der Waals surface area (Å²) >= 11 is 0. The van der Waals surface area contributed by atoms with Crippen molar-refractivity contribution in [2.45, 2.75) is 25.9 Å². The highest BCUT2D eigenvalue weighted by atomic mass is 16.5. The third kappa shape index (κ3) is 2.41. The minimum atomic E-state index is 0.351. The first-order chi connectivity index (χ1) is 7.69. The molecular weight excluding hydrogens is 204 g/mol. The van der Waals surface area contributed by atoms with Crippen LogP contribution in [0.5, 0.6) is 0 Å². The first kappa shape index (κ1) is 11.1. The Morgan fingerprint density at radius 3 is 2.62 bits per heavy atom. The predicted molar refractivity (Wildman–Crippen MR) is 63.4 cm³/mol. The fourth-order valence-electron chi connectivity index (χ4n) is 2.06. The number of hydrogen-bond acceptors (Lipinski definition) is 5. The third-order valence-electron chi connectivity index (χ3n) is 2.96. The Balaban J connectivity index is 2.08. The molecule has 0 atom stereocenters. The Kier molecular flexibility index (Phi) is 3.24. The van der Waals surface area contributed by atoms with Gasteiger partial charge in [-0.2, -0.15) is 4.98 Å². The molecule has 1 saturated heterocycles. The molecule has 5 nitrogen and oxygen atoms in total. The molecule has 0 unspecified atom stereocenters. The van der Waals surface area contributed by atoms with Gasteiger partial charge in [0, 0.05) is 32.0 Å². The van der Waals surface area contributed by atoms with Crippen LogP contribution in [0.4, 0.5) is 11.8 Å². The number of methoxy groups -OCH3 is 1. The molecule has 1 aromatic heterocycles. The average Bonchev–Trinajstić information content (AvgIpc) is 2.28. The van der Waals surface area contributed by atoms with E-state index in [1.165, 1.54) is 0 Å². The fourth-order valence-corrected chi connectivity index (χ4v) is 2.06. The minimum absolute atomic E-state index is 0.351. The summed E-state index contributed by atoms with van der Waals surface area (Å²) in [6.07, 6.45) is 2.47. The van der Waals surface area contributed by atoms with Crippen molar-refractivity contribution in [1.29, 1.82) is 0 Å². The molecular formula is C11H18N4O. The van der Waals surface area contributed by atoms with Crippen molar-refractivity contribution < 1.29 is 4.74 Å². The highest BCUT2D eigenvalue weighted by Gasteiger charge is 2.20. The van der Waals surface area contributed by atoms with Crippen LogP contribution >= 0.6 is 0 Å². The lowest BCUT2D eigenvalue weighted by molar-refractivity contribution is 0.0818. The molecule has 0 aliphatic carbocycles. The van der Waals surface area contributed by atoms with Crippen LogP contribution in [0.2, 0.25) is 0 Å². The topological polar surface area (TPSA) is 64.3 Å². The number of aromatic nitrogens is 2. The highest BCUT2D eigenvalue weighted by molar-refractivity contribution is 5.43. The Labute approximate surface area is 95.6 Å². The van der Waals surface area contributed by atoms with Gasteiger partial charge in [0.05, 0.1) is 6.10 Å². The molecule has 5 heteroatoms. The zero-order valence-electron chi connectivity index (χ0n) is 9.81. The number of hydrogen-bond donors (Lipinski definition) is 1. The quantitative estimate of drug-likeness (QED) is 0.808. The molecule has 0 radical (unpaired) electrons. The smallest absolute Gasteiger partial charge is 0.222 e. The van der Waals surface area contributed by atoms with Crippen molar-refractivity contribution in [2.24, 2.45) is 0 Å². The first-order valence-corrected chi connectivity index (χ1v) is 5.58. The number of nitrogens with two attached hydrogens (primary N) is 1. The van der Waals surface area contributed by atoms with Crippen LogP contribution in [0.25, 0.3) is 0 Å². The Hall–Kier alpha value is -1.36. The number of aryl methyl sites for hydroxylation is 1. The lowest BCUT2D eigenvalue weighted by atomic mass is 10.1. The van der Waals surface area contributed by atoms with Gasteiger partial charge in [-0.25, -0.2) is 4.98 Å². The summed E-state index contributed by atoms with van der Waals surface area (Å²) in [5.74, 6) is 1.28. The van der Waals surface area contributed by atoms with Gasteiger partial charge in [0.15, 0.2) is 0 Å². The van der Waals surface area contributed by atoms with Gasteiger partial charge in [-0.05, 0) is 19.8 Å². The summed E-state index contributed by atoms with van der Waals surface area (Å²) in [7, 11) is 1.77. The second-order valence-corrected chi connectivity index (χ2v) is 4.15. The van der Waals surface area contributed by atoms with Crippen molar-refractivity contribution in [3.8, 4) is 0 Å². The van der Waals surface area contributed by atoms with Gasteiger partial charge >= 0.3 is 0 Å². The number of nitrogens with zero attached hydrogens (tertiary/aromatic N) is 3. The standard InChI is InChI=1S/C11H18N4O/c1-8-7-10(14-11(12)13-8)15-5-3-9(16-2)4-6-15/h7,9H,3-6H2,1-2H3,(H2,12,13,14). The van der Waals surface area contributed by atoms with Crippen LogP contribution < -0.4 is 10.6 Å². The largest absolute Gasteiger partial charge is 0.381 e. The van der Waals surface area contributed by atoms with Gasteiger partial charge in [0.2, 0.25) is 5.95 Å². The van der Waals surface area contributed by atoms with Gasteiger partial charge in [-0.15, -0.1) is 0 Å². The Morgan fingerprint density at radius 2 is 2.06 bits per heavy atom. The Morgan fingerprint density at radius 1 is 1.38 bits per heavy atom. The molecule has 16 heavy (non-hydrogen) atoms. The molecule has 2 heterocycles. The molecule has 1 fully saturated rings. The van der Waals surface area contributed by atoms with Crippen LogP contribution in [0.1, 0.15) is 18.5 Å². The van der Waals surface area contributed by atoms with E-state index in [-0.39, 0.29) is 0 Å². The van der Waals surface area contributed by atoms with E-state index in [1.807, 2.05) is 13.0 Å². The number of ether oxygens (including phenoxy) is 1. The fraction of sp³-hybridized carbons (Fsp3) is 0.636. The maximum atomic E-state index is 5.65. The zero-order chi connectivity index (χ0) is 11.5. The number of nitrogen functional groups attached to an aromatic ring is 1. The molecule has 88 valence electrons. The zero-order valence-corrected chi connectivity index (χ0v) is 9.81. The van der Waals surface area contributed by atoms with Crippen LogP contribution in [0.15, 0.2) is 6.07 Å². The van der Waals surface area contributed by atoms with Crippen molar-refractivity contribution >= 4 is 11.8 Å². The highest BCUT2D eigenvalue weighted by Crippen LogP contribution is 2.20. The molecule has 1 aliphatic heterocycles. The summed E-state index contributed by atoms with van der Waals surface area (Å²) < 4.78 is 5.34. The van der Waals surface area contributed by atoms with E-state index in [2.05, 4.69) is 14.9 Å². The molecule has 1 aliphatic rings. The summed E-state index contributed by atoms with van der Waals surface area (Å²) in [4.78, 5) is 10.6. The summed E-state index contributed by atoms with van der Waals surface area (Å²) in [5.41, 5.74) is 6.56. The van der Waals surface area contributed by atoms with Crippen LogP contribution in [-0.2, 0) is 4.74 Å². The molecule has 0 saturated carbocycles. The number of anilines is 2. The van der Waals surface area contributed by atoms with Crippen molar-refractivity contribution in [1.82, 2.24) is 9.97 Å². The molecule has 1 aromatic rings. The normalized spacial score (nSPS) is 17.8. The van der Waals surface area contributed by atoms with Gasteiger partial charge in [0.25, 0.3) is 0 Å². The van der Waals surface area contributed by atoms with Crippen LogP contribution in [0.3, 0.4) is 0 Å². The maximum Gasteiger partial charge on any atom is 0.222 e. The second kappa shape index (κ2) is 4.65. The first-order valence-electron chi connectivity index (χ1n) is 5.58. The van der Waals surface area contributed by atoms with Crippen LogP contribution in [-0.4, -0.2) is 36.3 Å². The van der Waals surface area contributed by atoms with Crippen LogP contribution in [0, 0.1) is 6.92 Å². The van der Waals surface area contributed by atoms with E-state index < -0.39 is 0 Å². The predicted octanol–water partition coefficient (Wildman–Crippen LogP) is 0.982. The van der Waals surface area contributed by atoms with Gasteiger partial charge < -0.3 is 15.4 Å².